The van der Waals surface area contributed by atoms with Crippen LogP contribution in [0, 0.1) is 0 Å². The Balaban J connectivity index is 1.94. The van der Waals surface area contributed by atoms with Gasteiger partial charge in [0.15, 0.2) is 0 Å². The summed E-state index contributed by atoms with van der Waals surface area (Å²) in [5, 5.41) is 9.58. The number of hydrogen-bond acceptors (Lipinski definition) is 5. The molecule has 8 heteroatoms. The Kier molecular flexibility index (Phi) is 3.16. The monoisotopic (exact) mass is 322 g/mol. The summed E-state index contributed by atoms with van der Waals surface area (Å²) < 4.78 is 9.51. The molecule has 3 heterocycles. The number of benzene rings is 1. The van der Waals surface area contributed by atoms with Crippen LogP contribution in [0.5, 0.6) is 6.01 Å². The van der Waals surface area contributed by atoms with Gasteiger partial charge in [-0.15, -0.1) is 5.10 Å². The zero-order chi connectivity index (χ0) is 16.7. The molecule has 0 radical (unpaired) electrons. The fourth-order valence-corrected chi connectivity index (χ4v) is 2.59. The summed E-state index contributed by atoms with van der Waals surface area (Å²) in [5.74, 6) is 0. The third kappa shape index (κ3) is 2.08. The van der Waals surface area contributed by atoms with Crippen molar-refractivity contribution in [3.63, 3.8) is 0 Å². The number of aromatic nitrogens is 6. The number of nitrogens with zero attached hydrogens (tertiary/aromatic N) is 6. The van der Waals surface area contributed by atoms with E-state index in [-0.39, 0.29) is 11.7 Å². The molecule has 0 unspecified atom stereocenters. The smallest absolute Gasteiger partial charge is 0.353 e. The molecule has 0 aliphatic carbocycles. The van der Waals surface area contributed by atoms with Gasteiger partial charge in [0.25, 0.3) is 0 Å². The molecule has 0 spiro atoms. The van der Waals surface area contributed by atoms with Crippen LogP contribution in [-0.2, 0) is 7.05 Å². The van der Waals surface area contributed by atoms with Crippen molar-refractivity contribution in [3.05, 3.63) is 59.4 Å². The molecule has 120 valence electrons. The van der Waals surface area contributed by atoms with Crippen LogP contribution in [0.1, 0.15) is 0 Å². The maximum Gasteiger partial charge on any atom is 0.353 e. The zero-order valence-corrected chi connectivity index (χ0v) is 13.1. The first-order valence-electron chi connectivity index (χ1n) is 7.28. The average molecular weight is 322 g/mol. The molecule has 4 rings (SSSR count). The van der Waals surface area contributed by atoms with E-state index in [1.165, 1.54) is 16.4 Å². The lowest BCUT2D eigenvalue weighted by atomic mass is 10.2. The van der Waals surface area contributed by atoms with Crippen LogP contribution in [0.2, 0.25) is 0 Å². The number of ether oxygens (including phenoxy) is 1. The summed E-state index contributed by atoms with van der Waals surface area (Å²) in [4.78, 5) is 16.5. The second kappa shape index (κ2) is 5.34. The van der Waals surface area contributed by atoms with Crippen LogP contribution in [0.25, 0.3) is 22.3 Å². The van der Waals surface area contributed by atoms with E-state index in [0.717, 1.165) is 16.6 Å². The van der Waals surface area contributed by atoms with E-state index in [9.17, 15) is 4.79 Å². The molecule has 0 aliphatic rings. The van der Waals surface area contributed by atoms with Crippen molar-refractivity contribution in [1.82, 2.24) is 29.1 Å². The van der Waals surface area contributed by atoms with E-state index in [0.29, 0.717) is 5.69 Å². The Bertz CT molecular complexity index is 1080. The number of pyridine rings is 1. The molecule has 0 aliphatic heterocycles. The first kappa shape index (κ1) is 14.2. The highest BCUT2D eigenvalue weighted by Crippen LogP contribution is 2.22. The van der Waals surface area contributed by atoms with Gasteiger partial charge in [-0.3, -0.25) is 4.98 Å². The van der Waals surface area contributed by atoms with Gasteiger partial charge in [0.1, 0.15) is 0 Å². The summed E-state index contributed by atoms with van der Waals surface area (Å²) in [5.41, 5.74) is 1.96. The van der Waals surface area contributed by atoms with Crippen LogP contribution in [-0.4, -0.2) is 36.2 Å². The largest absolute Gasteiger partial charge is 0.467 e. The SMILES string of the molecule is COc1nn(-c2cccc3nn(-c4cccnc4)cc23)c(=O)n1C. The van der Waals surface area contributed by atoms with E-state index < -0.39 is 0 Å². The Morgan fingerprint density at radius 1 is 1.12 bits per heavy atom. The van der Waals surface area contributed by atoms with E-state index in [1.54, 1.807) is 24.1 Å². The normalized spacial score (nSPS) is 11.1. The molecule has 8 nitrogen and oxygen atoms in total. The van der Waals surface area contributed by atoms with Crippen molar-refractivity contribution >= 4 is 10.9 Å². The summed E-state index contributed by atoms with van der Waals surface area (Å²) in [6.45, 7) is 0. The van der Waals surface area contributed by atoms with E-state index in [2.05, 4.69) is 15.2 Å². The fourth-order valence-electron chi connectivity index (χ4n) is 2.59. The van der Waals surface area contributed by atoms with Crippen molar-refractivity contribution in [3.8, 4) is 17.4 Å². The number of hydrogen-bond donors (Lipinski definition) is 0. The van der Waals surface area contributed by atoms with E-state index in [1.807, 2.05) is 36.5 Å². The molecule has 0 saturated carbocycles. The minimum Gasteiger partial charge on any atom is -0.467 e. The van der Waals surface area contributed by atoms with Crippen LogP contribution in [0.4, 0.5) is 0 Å². The number of fused-ring (bicyclic) bond motifs is 1. The Hall–Kier alpha value is -3.42. The third-order valence-corrected chi connectivity index (χ3v) is 3.79. The van der Waals surface area contributed by atoms with Gasteiger partial charge in [0.2, 0.25) is 0 Å². The molecule has 4 aromatic rings. The Labute approximate surface area is 136 Å². The molecule has 1 aromatic carbocycles. The zero-order valence-electron chi connectivity index (χ0n) is 13.1. The minimum absolute atomic E-state index is 0.247. The molecule has 3 aromatic heterocycles. The molecular weight excluding hydrogens is 308 g/mol. The van der Waals surface area contributed by atoms with Crippen LogP contribution in [0.3, 0.4) is 0 Å². The lowest BCUT2D eigenvalue weighted by Gasteiger charge is -2.00. The molecule has 0 fully saturated rings. The van der Waals surface area contributed by atoms with Crippen LogP contribution >= 0.6 is 0 Å². The van der Waals surface area contributed by atoms with Crippen LogP contribution in [0.15, 0.2) is 53.7 Å². The number of rotatable bonds is 3. The van der Waals surface area contributed by atoms with Gasteiger partial charge in [0.05, 0.1) is 30.2 Å². The highest BCUT2D eigenvalue weighted by molar-refractivity contribution is 5.87. The third-order valence-electron chi connectivity index (χ3n) is 3.79. The summed E-state index contributed by atoms with van der Waals surface area (Å²) in [6, 6.07) is 9.55. The van der Waals surface area contributed by atoms with Gasteiger partial charge >= 0.3 is 11.7 Å². The van der Waals surface area contributed by atoms with E-state index >= 15 is 0 Å². The second-order valence-corrected chi connectivity index (χ2v) is 5.23. The fraction of sp³-hybridized carbons (Fsp3) is 0.125. The predicted molar refractivity (Wildman–Crippen MR) is 87.8 cm³/mol. The molecule has 24 heavy (non-hydrogen) atoms. The standard InChI is InChI=1S/C16H14N6O2/c1-20-15(24-2)19-22(16(20)23)14-7-3-6-13-12(14)10-21(18-13)11-5-4-8-17-9-11/h3-10H,1-2H3. The summed E-state index contributed by atoms with van der Waals surface area (Å²) >= 11 is 0. The first-order valence-corrected chi connectivity index (χ1v) is 7.28. The van der Waals surface area contributed by atoms with Crippen molar-refractivity contribution in [2.24, 2.45) is 7.05 Å². The molecule has 0 bridgehead atoms. The number of methoxy groups -OCH3 is 1. The van der Waals surface area contributed by atoms with E-state index in [4.69, 9.17) is 4.74 Å². The minimum atomic E-state index is -0.284. The lowest BCUT2D eigenvalue weighted by Crippen LogP contribution is -2.21. The second-order valence-electron chi connectivity index (χ2n) is 5.23. The highest BCUT2D eigenvalue weighted by Gasteiger charge is 2.15. The van der Waals surface area contributed by atoms with Crippen molar-refractivity contribution in [2.75, 3.05) is 7.11 Å². The van der Waals surface area contributed by atoms with Gasteiger partial charge < -0.3 is 4.74 Å². The van der Waals surface area contributed by atoms with Gasteiger partial charge in [0, 0.05) is 24.8 Å². The van der Waals surface area contributed by atoms with Gasteiger partial charge in [-0.1, -0.05) is 6.07 Å². The van der Waals surface area contributed by atoms with Crippen molar-refractivity contribution in [2.45, 2.75) is 0 Å². The highest BCUT2D eigenvalue weighted by atomic mass is 16.5. The Morgan fingerprint density at radius 2 is 2.00 bits per heavy atom. The maximum absolute atomic E-state index is 12.4. The quantitative estimate of drug-likeness (QED) is 0.568. The van der Waals surface area contributed by atoms with Gasteiger partial charge in [-0.25, -0.2) is 14.0 Å². The average Bonchev–Trinajstić information content (AvgIpc) is 3.18. The maximum atomic E-state index is 12.4. The van der Waals surface area contributed by atoms with Crippen molar-refractivity contribution in [1.29, 1.82) is 0 Å². The molecule has 0 atom stereocenters. The molecule has 0 amide bonds. The molecular formula is C16H14N6O2. The first-order chi connectivity index (χ1) is 11.7. The molecule has 0 N–H and O–H groups in total. The topological polar surface area (TPSA) is 79.8 Å². The summed E-state index contributed by atoms with van der Waals surface area (Å²) in [6.07, 6.45) is 5.29. The summed E-state index contributed by atoms with van der Waals surface area (Å²) in [7, 11) is 3.09. The van der Waals surface area contributed by atoms with Crippen molar-refractivity contribution < 1.29 is 4.74 Å². The molecule has 0 saturated heterocycles. The van der Waals surface area contributed by atoms with Gasteiger partial charge in [-0.05, 0) is 24.3 Å². The van der Waals surface area contributed by atoms with Crippen LogP contribution < -0.4 is 10.4 Å². The Morgan fingerprint density at radius 3 is 2.71 bits per heavy atom. The lowest BCUT2D eigenvalue weighted by molar-refractivity contribution is 0.362. The predicted octanol–water partition coefficient (Wildman–Crippen LogP) is 1.31. The van der Waals surface area contributed by atoms with Gasteiger partial charge in [-0.2, -0.15) is 9.78 Å².